The van der Waals surface area contributed by atoms with E-state index in [9.17, 15) is 5.11 Å². The van der Waals surface area contributed by atoms with Crippen molar-refractivity contribution in [2.75, 3.05) is 24.7 Å². The summed E-state index contributed by atoms with van der Waals surface area (Å²) < 4.78 is 5.62. The number of nitrogens with zero attached hydrogens (tertiary/aromatic N) is 3. The van der Waals surface area contributed by atoms with Gasteiger partial charge >= 0.3 is 0 Å². The Hall–Kier alpha value is -1.98. The van der Waals surface area contributed by atoms with Crippen LogP contribution in [0.4, 0.5) is 5.82 Å². The van der Waals surface area contributed by atoms with Crippen molar-refractivity contribution in [1.82, 2.24) is 9.97 Å². The van der Waals surface area contributed by atoms with Crippen LogP contribution in [0.1, 0.15) is 19.3 Å². The van der Waals surface area contributed by atoms with Crippen LogP contribution in [0.15, 0.2) is 42.7 Å². The van der Waals surface area contributed by atoms with Gasteiger partial charge in [0.1, 0.15) is 5.82 Å². The van der Waals surface area contributed by atoms with Gasteiger partial charge in [-0.15, -0.1) is 0 Å². The molecular weight excluding hydrogens is 302 g/mol. The van der Waals surface area contributed by atoms with Gasteiger partial charge in [0.2, 0.25) is 0 Å². The number of rotatable bonds is 3. The summed E-state index contributed by atoms with van der Waals surface area (Å²) in [6.07, 6.45) is 6.27. The van der Waals surface area contributed by atoms with E-state index in [4.69, 9.17) is 9.72 Å². The molecule has 2 aliphatic heterocycles. The predicted molar refractivity (Wildman–Crippen MR) is 92.8 cm³/mol. The molecule has 1 aromatic heterocycles. The maximum absolute atomic E-state index is 10.4. The number of anilines is 1. The van der Waals surface area contributed by atoms with Crippen molar-refractivity contribution >= 4 is 5.82 Å². The molecule has 3 atom stereocenters. The fourth-order valence-electron chi connectivity index (χ4n) is 3.88. The Morgan fingerprint density at radius 1 is 1.12 bits per heavy atom. The van der Waals surface area contributed by atoms with Crippen LogP contribution in [0, 0.1) is 5.92 Å². The van der Waals surface area contributed by atoms with Crippen LogP contribution in [0.3, 0.4) is 0 Å². The van der Waals surface area contributed by atoms with Gasteiger partial charge < -0.3 is 14.7 Å². The summed E-state index contributed by atoms with van der Waals surface area (Å²) in [5.74, 6) is 1.06. The first kappa shape index (κ1) is 15.5. The minimum atomic E-state index is -0.283. The monoisotopic (exact) mass is 325 g/mol. The molecule has 0 radical (unpaired) electrons. The summed E-state index contributed by atoms with van der Waals surface area (Å²) in [4.78, 5) is 11.5. The number of aliphatic hydroxyl groups is 1. The van der Waals surface area contributed by atoms with Crippen LogP contribution >= 0.6 is 0 Å². The first-order chi connectivity index (χ1) is 11.8. The van der Waals surface area contributed by atoms with Gasteiger partial charge in [-0.3, -0.25) is 4.98 Å². The molecule has 0 unspecified atom stereocenters. The highest BCUT2D eigenvalue weighted by Crippen LogP contribution is 2.33. The third kappa shape index (κ3) is 3.01. The Morgan fingerprint density at radius 3 is 2.83 bits per heavy atom. The van der Waals surface area contributed by atoms with Crippen LogP contribution in [0.25, 0.3) is 11.3 Å². The standard InChI is InChI=1S/C19H23N3O2/c23-18-8-10-24-13-15(18)17-7-4-9-22(17)19-12-20-11-16(21-19)14-5-2-1-3-6-14/h1-3,5-6,11-12,15,17-18,23H,4,7-10,13H2/t15-,17+,18-/m1/s1. The summed E-state index contributed by atoms with van der Waals surface area (Å²) >= 11 is 0. The van der Waals surface area contributed by atoms with Crippen molar-refractivity contribution in [3.05, 3.63) is 42.7 Å². The normalized spacial score (nSPS) is 27.4. The van der Waals surface area contributed by atoms with Crippen molar-refractivity contribution in [2.45, 2.75) is 31.4 Å². The van der Waals surface area contributed by atoms with E-state index in [0.29, 0.717) is 13.2 Å². The quantitative estimate of drug-likeness (QED) is 0.940. The Morgan fingerprint density at radius 2 is 2.00 bits per heavy atom. The van der Waals surface area contributed by atoms with Crippen molar-refractivity contribution in [3.63, 3.8) is 0 Å². The molecule has 126 valence electrons. The molecule has 0 saturated carbocycles. The molecule has 24 heavy (non-hydrogen) atoms. The molecule has 0 amide bonds. The lowest BCUT2D eigenvalue weighted by Crippen LogP contribution is -2.46. The minimum absolute atomic E-state index is 0.156. The Labute approximate surface area is 142 Å². The zero-order chi connectivity index (χ0) is 16.4. The van der Waals surface area contributed by atoms with Crippen LogP contribution in [0.2, 0.25) is 0 Å². The molecule has 1 aromatic carbocycles. The Balaban J connectivity index is 1.60. The third-order valence-electron chi connectivity index (χ3n) is 5.14. The van der Waals surface area contributed by atoms with Crippen molar-refractivity contribution in [3.8, 4) is 11.3 Å². The summed E-state index contributed by atoms with van der Waals surface area (Å²) in [6, 6.07) is 10.4. The van der Waals surface area contributed by atoms with Crippen molar-refractivity contribution in [1.29, 1.82) is 0 Å². The molecular formula is C19H23N3O2. The van der Waals surface area contributed by atoms with Gasteiger partial charge in [-0.25, -0.2) is 4.98 Å². The molecule has 0 spiro atoms. The zero-order valence-electron chi connectivity index (χ0n) is 13.7. The number of aliphatic hydroxyl groups excluding tert-OH is 1. The summed E-state index contributed by atoms with van der Waals surface area (Å²) in [6.45, 7) is 2.25. The van der Waals surface area contributed by atoms with Crippen LogP contribution in [-0.2, 0) is 4.74 Å². The molecule has 2 aliphatic rings. The second-order valence-corrected chi connectivity index (χ2v) is 6.63. The van der Waals surface area contributed by atoms with Crippen LogP contribution in [-0.4, -0.2) is 47.0 Å². The molecule has 1 N–H and O–H groups in total. The second-order valence-electron chi connectivity index (χ2n) is 6.63. The number of benzene rings is 1. The van der Waals surface area contributed by atoms with Gasteiger partial charge in [-0.1, -0.05) is 30.3 Å². The van der Waals surface area contributed by atoms with E-state index in [1.165, 1.54) is 0 Å². The highest BCUT2D eigenvalue weighted by Gasteiger charge is 2.38. The maximum Gasteiger partial charge on any atom is 0.148 e. The first-order valence-corrected chi connectivity index (χ1v) is 8.73. The van der Waals surface area contributed by atoms with E-state index in [2.05, 4.69) is 9.88 Å². The van der Waals surface area contributed by atoms with E-state index >= 15 is 0 Å². The van der Waals surface area contributed by atoms with E-state index in [0.717, 1.165) is 42.9 Å². The minimum Gasteiger partial charge on any atom is -0.393 e. The molecule has 5 heteroatoms. The van der Waals surface area contributed by atoms with Crippen molar-refractivity contribution in [2.24, 2.45) is 5.92 Å². The molecule has 2 aromatic rings. The Bertz CT molecular complexity index is 679. The fourth-order valence-corrected chi connectivity index (χ4v) is 3.88. The summed E-state index contributed by atoms with van der Waals surface area (Å²) in [5.41, 5.74) is 1.96. The number of hydrogen-bond donors (Lipinski definition) is 1. The molecule has 0 aliphatic carbocycles. The van der Waals surface area contributed by atoms with E-state index in [1.54, 1.807) is 0 Å². The van der Waals surface area contributed by atoms with E-state index in [-0.39, 0.29) is 18.1 Å². The fraction of sp³-hybridized carbons (Fsp3) is 0.474. The molecule has 0 bridgehead atoms. The lowest BCUT2D eigenvalue weighted by atomic mass is 9.89. The predicted octanol–water partition coefficient (Wildman–Crippen LogP) is 2.51. The topological polar surface area (TPSA) is 58.5 Å². The molecule has 5 nitrogen and oxygen atoms in total. The van der Waals surface area contributed by atoms with Gasteiger partial charge in [-0.2, -0.15) is 0 Å². The molecule has 3 heterocycles. The molecule has 2 fully saturated rings. The van der Waals surface area contributed by atoms with Gasteiger partial charge in [-0.05, 0) is 19.3 Å². The Kier molecular flexibility index (Phi) is 4.45. The highest BCUT2D eigenvalue weighted by atomic mass is 16.5. The van der Waals surface area contributed by atoms with Gasteiger partial charge in [0.05, 0.1) is 30.8 Å². The smallest absolute Gasteiger partial charge is 0.148 e. The average Bonchev–Trinajstić information content (AvgIpc) is 3.12. The van der Waals surface area contributed by atoms with Gasteiger partial charge in [0.25, 0.3) is 0 Å². The summed E-state index contributed by atoms with van der Waals surface area (Å²) in [7, 11) is 0. The number of aromatic nitrogens is 2. The van der Waals surface area contributed by atoms with Crippen LogP contribution in [0.5, 0.6) is 0 Å². The average molecular weight is 325 g/mol. The van der Waals surface area contributed by atoms with Gasteiger partial charge in [0.15, 0.2) is 0 Å². The number of hydrogen-bond acceptors (Lipinski definition) is 5. The third-order valence-corrected chi connectivity index (χ3v) is 5.14. The molecule has 4 rings (SSSR count). The maximum atomic E-state index is 10.4. The lowest BCUT2D eigenvalue weighted by Gasteiger charge is -2.37. The first-order valence-electron chi connectivity index (χ1n) is 8.73. The lowest BCUT2D eigenvalue weighted by molar-refractivity contribution is -0.0438. The van der Waals surface area contributed by atoms with Crippen molar-refractivity contribution < 1.29 is 9.84 Å². The van der Waals surface area contributed by atoms with E-state index in [1.807, 2.05) is 42.7 Å². The molecule has 2 saturated heterocycles. The number of ether oxygens (including phenoxy) is 1. The van der Waals surface area contributed by atoms with Gasteiger partial charge in [0, 0.05) is 30.7 Å². The zero-order valence-corrected chi connectivity index (χ0v) is 13.7. The van der Waals surface area contributed by atoms with Crippen LogP contribution < -0.4 is 4.90 Å². The second kappa shape index (κ2) is 6.87. The summed E-state index contributed by atoms with van der Waals surface area (Å²) in [5, 5.41) is 10.4. The van der Waals surface area contributed by atoms with E-state index < -0.39 is 0 Å². The largest absolute Gasteiger partial charge is 0.393 e. The highest BCUT2D eigenvalue weighted by molar-refractivity contribution is 5.60. The SMILES string of the molecule is O[C@@H]1CCOC[C@@H]1[C@@H]1CCCN1c1cncc(-c2ccccc2)n1.